The van der Waals surface area contributed by atoms with Crippen molar-refractivity contribution in [2.75, 3.05) is 6.54 Å². The Bertz CT molecular complexity index is 1150. The van der Waals surface area contributed by atoms with Crippen LogP contribution in [0, 0.1) is 11.5 Å². The fourth-order valence-corrected chi connectivity index (χ4v) is 3.71. The van der Waals surface area contributed by atoms with Gasteiger partial charge in [0.1, 0.15) is 0 Å². The Hall–Kier alpha value is -3.63. The molecule has 2 atom stereocenters. The molecule has 1 aliphatic heterocycles. The van der Waals surface area contributed by atoms with Crippen LogP contribution in [-0.2, 0) is 4.79 Å². The molecule has 1 N–H and O–H groups in total. The summed E-state index contributed by atoms with van der Waals surface area (Å²) in [7, 11) is 0. The maximum Gasteiger partial charge on any atom is 0.258 e. The number of nitrogens with one attached hydrogen (secondary N) is 1. The molecule has 1 aliphatic rings. The summed E-state index contributed by atoms with van der Waals surface area (Å²) in [6, 6.07) is 14.9. The van der Waals surface area contributed by atoms with Crippen LogP contribution >= 0.6 is 11.6 Å². The average molecular weight is 434 g/mol. The number of benzene rings is 2. The number of nitriles is 1. The molecular weight excluding hydrogens is 414 g/mol. The summed E-state index contributed by atoms with van der Waals surface area (Å²) < 4.78 is 5.37. The number of carbonyl (C=O) groups excluding carboxylic acids is 1. The first-order valence-electron chi connectivity index (χ1n) is 9.87. The minimum Gasteiger partial charge on any atom is -0.348 e. The van der Waals surface area contributed by atoms with Crippen LogP contribution in [0.2, 0.25) is 5.02 Å². The van der Waals surface area contributed by atoms with E-state index < -0.39 is 0 Å². The van der Waals surface area contributed by atoms with Crippen LogP contribution in [0.1, 0.15) is 18.9 Å². The van der Waals surface area contributed by atoms with Crippen molar-refractivity contribution in [3.63, 3.8) is 0 Å². The normalized spacial score (nSPS) is 18.3. The van der Waals surface area contributed by atoms with Crippen LogP contribution in [0.25, 0.3) is 28.9 Å². The monoisotopic (exact) mass is 433 g/mol. The predicted octanol–water partition coefficient (Wildman–Crippen LogP) is 4.13. The summed E-state index contributed by atoms with van der Waals surface area (Å²) in [5.41, 5.74) is 2.42. The molecule has 1 fully saturated rings. The largest absolute Gasteiger partial charge is 0.348 e. The topological polar surface area (TPSA) is 95.1 Å². The zero-order valence-corrected chi connectivity index (χ0v) is 17.6. The van der Waals surface area contributed by atoms with Crippen LogP contribution in [0.15, 0.2) is 59.1 Å². The second-order valence-corrected chi connectivity index (χ2v) is 7.87. The Labute approximate surface area is 184 Å². The van der Waals surface area contributed by atoms with Gasteiger partial charge in [-0.05, 0) is 49.2 Å². The van der Waals surface area contributed by atoms with Gasteiger partial charge in [-0.1, -0.05) is 41.0 Å². The molecular formula is C23H20ClN5O2. The molecule has 7 nitrogen and oxygen atoms in total. The lowest BCUT2D eigenvalue weighted by Gasteiger charge is -2.11. The zero-order valence-electron chi connectivity index (χ0n) is 16.8. The Morgan fingerprint density at radius 3 is 2.81 bits per heavy atom. The van der Waals surface area contributed by atoms with E-state index >= 15 is 0 Å². The van der Waals surface area contributed by atoms with Gasteiger partial charge < -0.3 is 14.7 Å². The lowest BCUT2D eigenvalue weighted by atomic mass is 10.1. The van der Waals surface area contributed by atoms with Crippen molar-refractivity contribution in [2.24, 2.45) is 0 Å². The molecule has 2 heterocycles. The third-order valence-electron chi connectivity index (χ3n) is 5.14. The lowest BCUT2D eigenvalue weighted by Crippen LogP contribution is -2.35. The van der Waals surface area contributed by atoms with Gasteiger partial charge >= 0.3 is 0 Å². The second kappa shape index (κ2) is 9.02. The van der Waals surface area contributed by atoms with Crippen molar-refractivity contribution in [3.8, 4) is 29.0 Å². The molecule has 2 aromatic carbocycles. The van der Waals surface area contributed by atoms with E-state index in [4.69, 9.17) is 21.4 Å². The molecule has 156 valence electrons. The predicted molar refractivity (Wildman–Crippen MR) is 118 cm³/mol. The first-order chi connectivity index (χ1) is 15.0. The minimum atomic E-state index is -0.177. The zero-order chi connectivity index (χ0) is 21.8. The van der Waals surface area contributed by atoms with E-state index in [1.165, 1.54) is 6.08 Å². The maximum absolute atomic E-state index is 12.2. The number of rotatable bonds is 5. The maximum atomic E-state index is 12.2. The standard InChI is InChI=1S/C23H20ClN5O2/c1-15-11-20(13-29(15)14-25)26-21(30)10-7-16-5-8-17(9-6-16)23-27-22(28-31-23)18-3-2-4-19(24)12-18/h2-10,12,15,20H,11,13H2,1H3,(H,26,30)/b10-7+/t15-,20-/m1/s1. The number of likely N-dealkylation sites (tertiary alicyclic amines) is 1. The molecule has 1 saturated heterocycles. The van der Waals surface area contributed by atoms with Crippen molar-refractivity contribution >= 4 is 23.6 Å². The van der Waals surface area contributed by atoms with Crippen LogP contribution < -0.4 is 5.32 Å². The molecule has 0 unspecified atom stereocenters. The summed E-state index contributed by atoms with van der Waals surface area (Å²) in [6.45, 7) is 2.53. The van der Waals surface area contributed by atoms with Crippen molar-refractivity contribution in [3.05, 3.63) is 65.2 Å². The van der Waals surface area contributed by atoms with E-state index in [2.05, 4.69) is 21.7 Å². The molecule has 0 saturated carbocycles. The number of nitrogens with zero attached hydrogens (tertiary/aromatic N) is 4. The van der Waals surface area contributed by atoms with Gasteiger partial charge in [0.25, 0.3) is 5.89 Å². The summed E-state index contributed by atoms with van der Waals surface area (Å²) in [5.74, 6) is 0.694. The van der Waals surface area contributed by atoms with Crippen LogP contribution in [0.5, 0.6) is 0 Å². The molecule has 8 heteroatoms. The Morgan fingerprint density at radius 1 is 1.29 bits per heavy atom. The van der Waals surface area contributed by atoms with Crippen LogP contribution in [0.3, 0.4) is 0 Å². The van der Waals surface area contributed by atoms with Crippen LogP contribution in [0.4, 0.5) is 0 Å². The van der Waals surface area contributed by atoms with Gasteiger partial charge in [0.05, 0.1) is 0 Å². The highest BCUT2D eigenvalue weighted by Gasteiger charge is 2.28. The van der Waals surface area contributed by atoms with Crippen LogP contribution in [-0.4, -0.2) is 39.6 Å². The molecule has 4 rings (SSSR count). The smallest absolute Gasteiger partial charge is 0.258 e. The second-order valence-electron chi connectivity index (χ2n) is 7.43. The number of hydrogen-bond acceptors (Lipinski definition) is 6. The molecule has 31 heavy (non-hydrogen) atoms. The number of amides is 1. The van der Waals surface area contributed by atoms with Gasteiger partial charge in [0, 0.05) is 40.9 Å². The summed E-state index contributed by atoms with van der Waals surface area (Å²) in [4.78, 5) is 18.3. The number of carbonyl (C=O) groups is 1. The van der Waals surface area contributed by atoms with E-state index in [0.717, 1.165) is 23.1 Å². The number of halogens is 1. The number of hydrogen-bond donors (Lipinski definition) is 1. The van der Waals surface area contributed by atoms with Gasteiger partial charge in [0.15, 0.2) is 6.19 Å². The van der Waals surface area contributed by atoms with Crippen molar-refractivity contribution in [1.82, 2.24) is 20.4 Å². The Balaban J connectivity index is 1.37. The molecule has 1 aromatic heterocycles. The molecule has 0 bridgehead atoms. The highest BCUT2D eigenvalue weighted by Crippen LogP contribution is 2.24. The fourth-order valence-electron chi connectivity index (χ4n) is 3.52. The summed E-state index contributed by atoms with van der Waals surface area (Å²) >= 11 is 6.02. The van der Waals surface area contributed by atoms with E-state index in [1.807, 2.05) is 43.3 Å². The number of aromatic nitrogens is 2. The summed E-state index contributed by atoms with van der Waals surface area (Å²) in [6.07, 6.45) is 6.15. The van der Waals surface area contributed by atoms with Crippen molar-refractivity contribution in [2.45, 2.75) is 25.4 Å². The highest BCUT2D eigenvalue weighted by molar-refractivity contribution is 6.30. The lowest BCUT2D eigenvalue weighted by molar-refractivity contribution is -0.117. The molecule has 3 aromatic rings. The highest BCUT2D eigenvalue weighted by atomic mass is 35.5. The van der Waals surface area contributed by atoms with E-state index in [-0.39, 0.29) is 18.0 Å². The van der Waals surface area contributed by atoms with Gasteiger partial charge in [-0.2, -0.15) is 10.2 Å². The molecule has 1 amide bonds. The molecule has 0 spiro atoms. The SMILES string of the molecule is C[C@@H]1C[C@@H](NC(=O)/C=C/c2ccc(-c3nc(-c4cccc(Cl)c4)no3)cc2)CN1C#N. The third kappa shape index (κ3) is 4.93. The van der Waals surface area contributed by atoms with E-state index in [1.54, 1.807) is 23.1 Å². The Morgan fingerprint density at radius 2 is 2.10 bits per heavy atom. The van der Waals surface area contributed by atoms with Gasteiger partial charge in [-0.25, -0.2) is 0 Å². The third-order valence-corrected chi connectivity index (χ3v) is 5.38. The fraction of sp³-hybridized carbons (Fsp3) is 0.217. The minimum absolute atomic E-state index is 0.0135. The van der Waals surface area contributed by atoms with E-state index in [9.17, 15) is 4.79 Å². The van der Waals surface area contributed by atoms with E-state index in [0.29, 0.717) is 23.3 Å². The van der Waals surface area contributed by atoms with Gasteiger partial charge in [-0.3, -0.25) is 4.79 Å². The summed E-state index contributed by atoms with van der Waals surface area (Å²) in [5, 5.41) is 16.6. The van der Waals surface area contributed by atoms with Gasteiger partial charge in [-0.15, -0.1) is 0 Å². The first-order valence-corrected chi connectivity index (χ1v) is 10.2. The van der Waals surface area contributed by atoms with Crippen molar-refractivity contribution in [1.29, 1.82) is 5.26 Å². The molecule has 0 aliphatic carbocycles. The Kier molecular flexibility index (Phi) is 6.01. The quantitative estimate of drug-likeness (QED) is 0.480. The molecule has 0 radical (unpaired) electrons. The van der Waals surface area contributed by atoms with Gasteiger partial charge in [0.2, 0.25) is 11.7 Å². The first kappa shape index (κ1) is 20.6. The van der Waals surface area contributed by atoms with Crippen molar-refractivity contribution < 1.29 is 9.32 Å². The average Bonchev–Trinajstić information content (AvgIpc) is 3.39.